The summed E-state index contributed by atoms with van der Waals surface area (Å²) in [6, 6.07) is 7.31. The van der Waals surface area contributed by atoms with Gasteiger partial charge in [-0.3, -0.25) is 14.9 Å². The monoisotopic (exact) mass is 346 g/mol. The van der Waals surface area contributed by atoms with Crippen molar-refractivity contribution in [1.82, 2.24) is 14.7 Å². The lowest BCUT2D eigenvalue weighted by Crippen LogP contribution is -2.47. The van der Waals surface area contributed by atoms with Crippen molar-refractivity contribution in [2.75, 3.05) is 13.7 Å². The molecule has 2 aromatic rings. The van der Waals surface area contributed by atoms with Crippen molar-refractivity contribution in [2.24, 2.45) is 5.41 Å². The van der Waals surface area contributed by atoms with E-state index in [0.717, 1.165) is 0 Å². The van der Waals surface area contributed by atoms with Crippen LogP contribution in [0.5, 0.6) is 0 Å². The summed E-state index contributed by atoms with van der Waals surface area (Å²) in [5.41, 5.74) is 0.0351. The summed E-state index contributed by atoms with van der Waals surface area (Å²) in [6.45, 7) is 5.63. The van der Waals surface area contributed by atoms with Gasteiger partial charge in [0.1, 0.15) is 5.69 Å². The summed E-state index contributed by atoms with van der Waals surface area (Å²) in [7, 11) is 1.61. The van der Waals surface area contributed by atoms with Gasteiger partial charge in [0.2, 0.25) is 0 Å². The van der Waals surface area contributed by atoms with Crippen molar-refractivity contribution in [3.8, 4) is 5.69 Å². The van der Waals surface area contributed by atoms with Gasteiger partial charge in [-0.1, -0.05) is 32.9 Å². The van der Waals surface area contributed by atoms with Crippen LogP contribution in [0.3, 0.4) is 0 Å². The maximum absolute atomic E-state index is 12.7. The maximum Gasteiger partial charge on any atom is 0.294 e. The van der Waals surface area contributed by atoms with Crippen molar-refractivity contribution >= 4 is 11.6 Å². The third-order valence-electron chi connectivity index (χ3n) is 4.09. The number of hydrogen-bond donors (Lipinski definition) is 1. The summed E-state index contributed by atoms with van der Waals surface area (Å²) < 4.78 is 1.31. The molecule has 0 aliphatic carbocycles. The highest BCUT2D eigenvalue weighted by Gasteiger charge is 2.32. The molecule has 0 radical (unpaired) electrons. The van der Waals surface area contributed by atoms with Crippen molar-refractivity contribution in [3.63, 3.8) is 0 Å². The minimum absolute atomic E-state index is 0.0964. The van der Waals surface area contributed by atoms with E-state index in [2.05, 4.69) is 5.10 Å². The average molecular weight is 346 g/mol. The lowest BCUT2D eigenvalue weighted by Gasteiger charge is -2.36. The molecule has 1 atom stereocenters. The Morgan fingerprint density at radius 1 is 1.36 bits per heavy atom. The third-order valence-corrected chi connectivity index (χ3v) is 4.09. The van der Waals surface area contributed by atoms with E-state index < -0.39 is 4.92 Å². The predicted octanol–water partition coefficient (Wildman–Crippen LogP) is 2.26. The molecule has 0 saturated carbocycles. The van der Waals surface area contributed by atoms with Crippen LogP contribution in [0.2, 0.25) is 0 Å². The molecule has 0 saturated heterocycles. The second-order valence-corrected chi connectivity index (χ2v) is 6.87. The highest BCUT2D eigenvalue weighted by molar-refractivity contribution is 5.92. The van der Waals surface area contributed by atoms with Crippen molar-refractivity contribution in [2.45, 2.75) is 26.8 Å². The maximum atomic E-state index is 12.7. The molecule has 8 heteroatoms. The number of hydrogen-bond acceptors (Lipinski definition) is 5. The van der Waals surface area contributed by atoms with Crippen LogP contribution >= 0.6 is 0 Å². The van der Waals surface area contributed by atoms with E-state index in [1.165, 1.54) is 27.9 Å². The summed E-state index contributed by atoms with van der Waals surface area (Å²) >= 11 is 0. The van der Waals surface area contributed by atoms with E-state index >= 15 is 0 Å². The van der Waals surface area contributed by atoms with Gasteiger partial charge in [0.15, 0.2) is 5.69 Å². The van der Waals surface area contributed by atoms with Crippen LogP contribution in [0, 0.1) is 15.5 Å². The molecule has 1 aromatic carbocycles. The molecule has 8 nitrogen and oxygen atoms in total. The number of aliphatic hydroxyl groups excluding tert-OH is 1. The molecule has 0 aliphatic heterocycles. The number of likely N-dealkylation sites (N-methyl/N-ethyl adjacent to an activating group) is 1. The summed E-state index contributed by atoms with van der Waals surface area (Å²) in [5, 5.41) is 24.9. The van der Waals surface area contributed by atoms with E-state index in [1.54, 1.807) is 25.2 Å². The minimum Gasteiger partial charge on any atom is -0.394 e. The molecule has 134 valence electrons. The fourth-order valence-corrected chi connectivity index (χ4v) is 2.68. The molecule has 0 spiro atoms. The van der Waals surface area contributed by atoms with Crippen LogP contribution in [0.25, 0.3) is 5.69 Å². The predicted molar refractivity (Wildman–Crippen MR) is 92.6 cm³/mol. The van der Waals surface area contributed by atoms with Crippen molar-refractivity contribution in [3.05, 3.63) is 52.3 Å². The first-order chi connectivity index (χ1) is 11.7. The van der Waals surface area contributed by atoms with Gasteiger partial charge >= 0.3 is 0 Å². The number of nitrogens with zero attached hydrogens (tertiary/aromatic N) is 4. The molecule has 0 unspecified atom stereocenters. The highest BCUT2D eigenvalue weighted by atomic mass is 16.6. The molecule has 0 aliphatic rings. The van der Waals surface area contributed by atoms with E-state index in [1.807, 2.05) is 20.8 Å². The summed E-state index contributed by atoms with van der Waals surface area (Å²) in [6.07, 6.45) is 1.51. The molecular weight excluding hydrogens is 324 g/mol. The van der Waals surface area contributed by atoms with E-state index in [4.69, 9.17) is 0 Å². The van der Waals surface area contributed by atoms with Gasteiger partial charge in [-0.15, -0.1) is 0 Å². The average Bonchev–Trinajstić information content (AvgIpc) is 3.03. The number of aliphatic hydroxyl groups is 1. The zero-order valence-corrected chi connectivity index (χ0v) is 14.7. The summed E-state index contributed by atoms with van der Waals surface area (Å²) in [5.74, 6) is -0.355. The van der Waals surface area contributed by atoms with Gasteiger partial charge in [0.05, 0.1) is 17.6 Å². The van der Waals surface area contributed by atoms with E-state index in [9.17, 15) is 20.0 Å². The quantitative estimate of drug-likeness (QED) is 0.661. The number of nitro groups is 1. The Balaban J connectivity index is 2.33. The number of para-hydroxylation sites is 2. The number of aromatic nitrogens is 2. The van der Waals surface area contributed by atoms with Gasteiger partial charge in [-0.25, -0.2) is 4.68 Å². The van der Waals surface area contributed by atoms with Gasteiger partial charge in [-0.2, -0.15) is 5.10 Å². The Morgan fingerprint density at radius 2 is 2.00 bits per heavy atom. The molecule has 0 bridgehead atoms. The first-order valence-electron chi connectivity index (χ1n) is 7.84. The lowest BCUT2D eigenvalue weighted by atomic mass is 9.86. The molecule has 1 aromatic heterocycles. The van der Waals surface area contributed by atoms with E-state index in [-0.39, 0.29) is 41.0 Å². The number of carbonyl (C=O) groups excluding carboxylic acids is 1. The Morgan fingerprint density at radius 3 is 2.56 bits per heavy atom. The van der Waals surface area contributed by atoms with E-state index in [0.29, 0.717) is 0 Å². The fourth-order valence-electron chi connectivity index (χ4n) is 2.68. The molecule has 25 heavy (non-hydrogen) atoms. The highest BCUT2D eigenvalue weighted by Crippen LogP contribution is 2.25. The number of carbonyl (C=O) groups is 1. The fraction of sp³-hybridized carbons (Fsp3) is 0.412. The number of benzene rings is 1. The molecule has 2 rings (SSSR count). The van der Waals surface area contributed by atoms with Gasteiger partial charge in [-0.05, 0) is 17.5 Å². The molecule has 0 fully saturated rings. The van der Waals surface area contributed by atoms with Crippen LogP contribution in [-0.2, 0) is 0 Å². The minimum atomic E-state index is -0.494. The SMILES string of the molecule is CN(C(=O)c1ccn(-c2ccccc2[N+](=O)[O-])n1)[C@@H](CO)C(C)(C)C. The molecule has 1 amide bonds. The largest absolute Gasteiger partial charge is 0.394 e. The van der Waals surface area contributed by atoms with Crippen LogP contribution < -0.4 is 0 Å². The zero-order valence-electron chi connectivity index (χ0n) is 14.7. The van der Waals surface area contributed by atoms with Crippen LogP contribution in [0.15, 0.2) is 36.5 Å². The summed E-state index contributed by atoms with van der Waals surface area (Å²) in [4.78, 5) is 24.8. The second kappa shape index (κ2) is 7.02. The van der Waals surface area contributed by atoms with Crippen LogP contribution in [-0.4, -0.2) is 50.3 Å². The molecule has 1 heterocycles. The molecule has 1 N–H and O–H groups in total. The standard InChI is InChI=1S/C17H22N4O4/c1-17(2,3)15(11-22)19(4)16(23)12-9-10-20(18-12)13-7-5-6-8-14(13)21(24)25/h5-10,15,22H,11H2,1-4H3/t15-/m0/s1. The smallest absolute Gasteiger partial charge is 0.294 e. The Kier molecular flexibility index (Phi) is 5.22. The Bertz CT molecular complexity index is 779. The number of amides is 1. The number of nitro benzene ring substituents is 1. The van der Waals surface area contributed by atoms with Crippen LogP contribution in [0.1, 0.15) is 31.3 Å². The molecular formula is C17H22N4O4. The second-order valence-electron chi connectivity index (χ2n) is 6.87. The van der Waals surface area contributed by atoms with Crippen molar-refractivity contribution < 1.29 is 14.8 Å². The topological polar surface area (TPSA) is 102 Å². The Hall–Kier alpha value is -2.74. The first-order valence-corrected chi connectivity index (χ1v) is 7.84. The zero-order chi connectivity index (χ0) is 18.8. The van der Waals surface area contributed by atoms with Gasteiger partial charge < -0.3 is 10.0 Å². The van der Waals surface area contributed by atoms with Gasteiger partial charge in [0, 0.05) is 19.3 Å². The first kappa shape index (κ1) is 18.6. The lowest BCUT2D eigenvalue weighted by molar-refractivity contribution is -0.384. The van der Waals surface area contributed by atoms with Crippen molar-refractivity contribution in [1.29, 1.82) is 0 Å². The third kappa shape index (κ3) is 3.85. The normalized spacial score (nSPS) is 12.7. The van der Waals surface area contributed by atoms with Gasteiger partial charge in [0.25, 0.3) is 11.6 Å². The van der Waals surface area contributed by atoms with Crippen LogP contribution in [0.4, 0.5) is 5.69 Å². The number of rotatable bonds is 5. The Labute approximate surface area is 145 Å².